The van der Waals surface area contributed by atoms with Gasteiger partial charge in [0.2, 0.25) is 10.0 Å². The van der Waals surface area contributed by atoms with E-state index in [0.29, 0.717) is 12.0 Å². The zero-order valence-electron chi connectivity index (χ0n) is 14.9. The van der Waals surface area contributed by atoms with Crippen molar-refractivity contribution in [3.05, 3.63) is 83.9 Å². The molecule has 1 aromatic heterocycles. The normalized spacial score (nSPS) is 11.8. The summed E-state index contributed by atoms with van der Waals surface area (Å²) in [5, 5.41) is 5.34. The van der Waals surface area contributed by atoms with E-state index in [2.05, 4.69) is 9.97 Å². The van der Waals surface area contributed by atoms with Crippen LogP contribution in [0.4, 0.5) is 4.39 Å². The summed E-state index contributed by atoms with van der Waals surface area (Å²) >= 11 is 0. The highest BCUT2D eigenvalue weighted by Gasteiger charge is 2.15. The van der Waals surface area contributed by atoms with Gasteiger partial charge in [-0.2, -0.15) is 0 Å². The largest absolute Gasteiger partial charge is 0.342 e. The third-order valence-electron chi connectivity index (χ3n) is 4.60. The van der Waals surface area contributed by atoms with Crippen molar-refractivity contribution in [1.29, 1.82) is 0 Å². The highest BCUT2D eigenvalue weighted by molar-refractivity contribution is 7.89. The van der Waals surface area contributed by atoms with Crippen LogP contribution in [0.1, 0.15) is 11.4 Å². The summed E-state index contributed by atoms with van der Waals surface area (Å²) in [6.45, 7) is 0. The molecule has 28 heavy (non-hydrogen) atoms. The summed E-state index contributed by atoms with van der Waals surface area (Å²) in [5.41, 5.74) is 3.92. The minimum Gasteiger partial charge on any atom is -0.342 e. The van der Waals surface area contributed by atoms with Gasteiger partial charge in [-0.05, 0) is 47.9 Å². The van der Waals surface area contributed by atoms with Crippen LogP contribution in [0.25, 0.3) is 22.2 Å². The van der Waals surface area contributed by atoms with E-state index < -0.39 is 10.0 Å². The number of H-pyrrole nitrogens is 1. The van der Waals surface area contributed by atoms with Crippen molar-refractivity contribution in [3.63, 3.8) is 0 Å². The summed E-state index contributed by atoms with van der Waals surface area (Å²) in [4.78, 5) is 7.97. The number of hydrogen-bond donors (Lipinski definition) is 2. The Bertz CT molecular complexity index is 1250. The minimum atomic E-state index is -3.83. The lowest BCUT2D eigenvalue weighted by molar-refractivity contribution is 0.598. The number of primary sulfonamides is 1. The lowest BCUT2D eigenvalue weighted by Crippen LogP contribution is -2.13. The Morgan fingerprint density at radius 2 is 1.71 bits per heavy atom. The number of hydrogen-bond acceptors (Lipinski definition) is 3. The maximum Gasteiger partial charge on any atom is 0.238 e. The van der Waals surface area contributed by atoms with Crippen LogP contribution in [0.2, 0.25) is 0 Å². The van der Waals surface area contributed by atoms with E-state index in [0.717, 1.165) is 34.4 Å². The Morgan fingerprint density at radius 3 is 2.46 bits per heavy atom. The zero-order valence-corrected chi connectivity index (χ0v) is 15.7. The first-order chi connectivity index (χ1) is 13.4. The van der Waals surface area contributed by atoms with E-state index in [-0.39, 0.29) is 10.7 Å². The van der Waals surface area contributed by atoms with E-state index in [4.69, 9.17) is 5.14 Å². The molecule has 5 nitrogen and oxygen atoms in total. The van der Waals surface area contributed by atoms with Crippen LogP contribution in [0.15, 0.2) is 71.6 Å². The van der Waals surface area contributed by atoms with Crippen molar-refractivity contribution in [2.24, 2.45) is 5.14 Å². The number of halogens is 1. The number of imidazole rings is 1. The molecule has 3 aromatic carbocycles. The summed E-state index contributed by atoms with van der Waals surface area (Å²) < 4.78 is 36.7. The van der Waals surface area contributed by atoms with Gasteiger partial charge in [-0.25, -0.2) is 22.9 Å². The van der Waals surface area contributed by atoms with Gasteiger partial charge < -0.3 is 4.98 Å². The lowest BCUT2D eigenvalue weighted by atomic mass is 10.1. The Balaban J connectivity index is 1.63. The number of nitrogens with zero attached hydrogens (tertiary/aromatic N) is 1. The molecule has 4 rings (SSSR count). The molecule has 0 saturated heterocycles. The maximum absolute atomic E-state index is 13.0. The van der Waals surface area contributed by atoms with Crippen LogP contribution in [0.3, 0.4) is 0 Å². The first-order valence-electron chi connectivity index (χ1n) is 8.75. The molecule has 0 saturated carbocycles. The summed E-state index contributed by atoms with van der Waals surface area (Å²) in [6, 6.07) is 18.6. The van der Waals surface area contributed by atoms with Crippen LogP contribution >= 0.6 is 0 Å². The first kappa shape index (κ1) is 18.3. The fourth-order valence-electron chi connectivity index (χ4n) is 3.21. The Labute approximate surface area is 162 Å². The lowest BCUT2D eigenvalue weighted by Gasteiger charge is -2.07. The standard InChI is InChI=1S/C21H18FN3O2S/c22-16-9-5-14(6-10-16)7-12-21-24-18-11-8-15(13-19(18)25-21)17-3-1-2-4-20(17)28(23,26)27/h1-6,8-11,13H,7,12H2,(H,24,25)(H2,23,26,27). The number of aryl methyl sites for hydroxylation is 2. The van der Waals surface area contributed by atoms with Gasteiger partial charge in [-0.15, -0.1) is 0 Å². The fourth-order valence-corrected chi connectivity index (χ4v) is 3.97. The molecule has 3 N–H and O–H groups in total. The van der Waals surface area contributed by atoms with Gasteiger partial charge >= 0.3 is 0 Å². The Hall–Kier alpha value is -3.03. The van der Waals surface area contributed by atoms with E-state index >= 15 is 0 Å². The van der Waals surface area contributed by atoms with Crippen molar-refractivity contribution < 1.29 is 12.8 Å². The summed E-state index contributed by atoms with van der Waals surface area (Å²) in [6.07, 6.45) is 1.42. The number of nitrogens with one attached hydrogen (secondary N) is 1. The topological polar surface area (TPSA) is 88.8 Å². The van der Waals surface area contributed by atoms with Crippen molar-refractivity contribution >= 4 is 21.1 Å². The fraction of sp³-hybridized carbons (Fsp3) is 0.0952. The van der Waals surface area contributed by atoms with E-state index in [1.54, 1.807) is 30.3 Å². The van der Waals surface area contributed by atoms with Gasteiger partial charge in [0.15, 0.2) is 0 Å². The predicted molar refractivity (Wildman–Crippen MR) is 107 cm³/mol. The number of rotatable bonds is 5. The quantitative estimate of drug-likeness (QED) is 0.539. The molecule has 7 heteroatoms. The molecule has 0 fully saturated rings. The molecular weight excluding hydrogens is 377 g/mol. The van der Waals surface area contributed by atoms with Crippen LogP contribution < -0.4 is 5.14 Å². The minimum absolute atomic E-state index is 0.0846. The molecule has 1 heterocycles. The Morgan fingerprint density at radius 1 is 0.964 bits per heavy atom. The third-order valence-corrected chi connectivity index (χ3v) is 5.57. The Kier molecular flexibility index (Phi) is 4.70. The molecule has 0 atom stereocenters. The second kappa shape index (κ2) is 7.18. The van der Waals surface area contributed by atoms with Gasteiger partial charge in [-0.1, -0.05) is 36.4 Å². The molecule has 142 valence electrons. The molecule has 0 bridgehead atoms. The zero-order chi connectivity index (χ0) is 19.7. The smallest absolute Gasteiger partial charge is 0.238 e. The number of sulfonamides is 1. The number of aromatic amines is 1. The molecule has 4 aromatic rings. The van der Waals surface area contributed by atoms with Crippen LogP contribution in [0.5, 0.6) is 0 Å². The van der Waals surface area contributed by atoms with Crippen molar-refractivity contribution in [3.8, 4) is 11.1 Å². The molecule has 0 radical (unpaired) electrons. The van der Waals surface area contributed by atoms with Gasteiger partial charge in [0, 0.05) is 12.0 Å². The second-order valence-electron chi connectivity index (χ2n) is 6.58. The molecular formula is C21H18FN3O2S. The molecule has 0 spiro atoms. The number of aromatic nitrogens is 2. The van der Waals surface area contributed by atoms with Gasteiger partial charge in [0.1, 0.15) is 11.6 Å². The van der Waals surface area contributed by atoms with Crippen molar-refractivity contribution in [2.45, 2.75) is 17.7 Å². The molecule has 0 aliphatic carbocycles. The van der Waals surface area contributed by atoms with E-state index in [9.17, 15) is 12.8 Å². The summed E-state index contributed by atoms with van der Waals surface area (Å²) in [5.74, 6) is 0.566. The van der Waals surface area contributed by atoms with E-state index in [1.807, 2.05) is 18.2 Å². The van der Waals surface area contributed by atoms with Gasteiger partial charge in [-0.3, -0.25) is 0 Å². The van der Waals surface area contributed by atoms with Crippen LogP contribution in [-0.4, -0.2) is 18.4 Å². The number of benzene rings is 3. The third kappa shape index (κ3) is 3.81. The predicted octanol–water partition coefficient (Wildman–Crippen LogP) is 3.80. The number of nitrogens with two attached hydrogens (primary N) is 1. The van der Waals surface area contributed by atoms with Crippen molar-refractivity contribution in [2.75, 3.05) is 0 Å². The molecule has 0 aliphatic heterocycles. The molecule has 0 unspecified atom stereocenters. The highest BCUT2D eigenvalue weighted by atomic mass is 32.2. The van der Waals surface area contributed by atoms with Crippen LogP contribution in [0, 0.1) is 5.82 Å². The van der Waals surface area contributed by atoms with E-state index in [1.165, 1.54) is 18.2 Å². The summed E-state index contributed by atoms with van der Waals surface area (Å²) in [7, 11) is -3.83. The monoisotopic (exact) mass is 395 g/mol. The highest BCUT2D eigenvalue weighted by Crippen LogP contribution is 2.28. The molecule has 0 amide bonds. The number of fused-ring (bicyclic) bond motifs is 1. The second-order valence-corrected chi connectivity index (χ2v) is 8.11. The van der Waals surface area contributed by atoms with Crippen LogP contribution in [-0.2, 0) is 22.9 Å². The average molecular weight is 395 g/mol. The maximum atomic E-state index is 13.0. The van der Waals surface area contributed by atoms with Crippen molar-refractivity contribution in [1.82, 2.24) is 9.97 Å². The van der Waals surface area contributed by atoms with Gasteiger partial charge in [0.05, 0.1) is 15.9 Å². The molecule has 0 aliphatic rings. The SMILES string of the molecule is NS(=O)(=O)c1ccccc1-c1ccc2[nH]c(CCc3ccc(F)cc3)nc2c1. The first-order valence-corrected chi connectivity index (χ1v) is 10.3. The van der Waals surface area contributed by atoms with Gasteiger partial charge in [0.25, 0.3) is 0 Å². The average Bonchev–Trinajstić information content (AvgIpc) is 3.09.